The number of aromatic nitrogens is 1. The summed E-state index contributed by atoms with van der Waals surface area (Å²) in [7, 11) is -3.31. The minimum absolute atomic E-state index is 0.310. The summed E-state index contributed by atoms with van der Waals surface area (Å²) >= 11 is 1.65. The molecule has 1 aromatic heterocycles. The van der Waals surface area contributed by atoms with Crippen molar-refractivity contribution < 1.29 is 8.42 Å². The first-order valence-corrected chi connectivity index (χ1v) is 8.66. The summed E-state index contributed by atoms with van der Waals surface area (Å²) < 4.78 is 26.0. The molecule has 18 heavy (non-hydrogen) atoms. The number of rotatable bonds is 5. The van der Waals surface area contributed by atoms with Crippen molar-refractivity contribution >= 4 is 21.8 Å². The zero-order valence-corrected chi connectivity index (χ0v) is 12.1. The van der Waals surface area contributed by atoms with Crippen LogP contribution in [-0.2, 0) is 10.0 Å². The number of thioether (sulfide) groups is 1. The molecule has 1 aliphatic rings. The van der Waals surface area contributed by atoms with Gasteiger partial charge < -0.3 is 0 Å². The molecular formula is C12H18N2O2S2. The van der Waals surface area contributed by atoms with Gasteiger partial charge in [0.15, 0.2) is 0 Å². The van der Waals surface area contributed by atoms with Crippen molar-refractivity contribution in [2.75, 3.05) is 18.8 Å². The van der Waals surface area contributed by atoms with Crippen LogP contribution in [0.2, 0.25) is 0 Å². The third-order valence-corrected chi connectivity index (χ3v) is 5.90. The lowest BCUT2D eigenvalue weighted by atomic mass is 10.4. The van der Waals surface area contributed by atoms with Gasteiger partial charge in [0, 0.05) is 19.3 Å². The highest BCUT2D eigenvalue weighted by Crippen LogP contribution is 2.22. The molecule has 0 amide bonds. The van der Waals surface area contributed by atoms with Crippen molar-refractivity contribution in [3.63, 3.8) is 0 Å². The third kappa shape index (κ3) is 3.05. The van der Waals surface area contributed by atoms with Gasteiger partial charge in [0.2, 0.25) is 10.0 Å². The van der Waals surface area contributed by atoms with Gasteiger partial charge in [-0.15, -0.1) is 11.8 Å². The zero-order chi connectivity index (χ0) is 13.0. The van der Waals surface area contributed by atoms with Crippen molar-refractivity contribution in [2.24, 2.45) is 0 Å². The average molecular weight is 286 g/mol. The number of pyridine rings is 1. The first-order valence-electron chi connectivity index (χ1n) is 6.23. The van der Waals surface area contributed by atoms with Crippen LogP contribution in [0.15, 0.2) is 28.3 Å². The first-order chi connectivity index (χ1) is 8.64. The van der Waals surface area contributed by atoms with Gasteiger partial charge in [0.1, 0.15) is 4.90 Å². The summed E-state index contributed by atoms with van der Waals surface area (Å²) in [5.74, 6) is 1.01. The highest BCUT2D eigenvalue weighted by molar-refractivity contribution is 7.99. The van der Waals surface area contributed by atoms with E-state index in [1.54, 1.807) is 28.2 Å². The monoisotopic (exact) mass is 286 g/mol. The highest BCUT2D eigenvalue weighted by atomic mass is 32.2. The Labute approximate surface area is 113 Å². The van der Waals surface area contributed by atoms with Gasteiger partial charge >= 0.3 is 0 Å². The second-order valence-corrected chi connectivity index (χ2v) is 7.34. The van der Waals surface area contributed by atoms with Crippen LogP contribution in [0.3, 0.4) is 0 Å². The topological polar surface area (TPSA) is 50.3 Å². The lowest BCUT2D eigenvalue weighted by Gasteiger charge is -2.15. The van der Waals surface area contributed by atoms with E-state index in [1.165, 1.54) is 6.20 Å². The molecule has 6 heteroatoms. The smallest absolute Gasteiger partial charge is 0.244 e. The van der Waals surface area contributed by atoms with E-state index in [2.05, 4.69) is 11.9 Å². The number of nitrogens with zero attached hydrogens (tertiary/aromatic N) is 2. The average Bonchev–Trinajstić information content (AvgIpc) is 2.91. The molecule has 2 heterocycles. The summed E-state index contributed by atoms with van der Waals surface area (Å²) in [4.78, 5) is 4.52. The second kappa shape index (κ2) is 6.04. The molecule has 2 rings (SSSR count). The summed E-state index contributed by atoms with van der Waals surface area (Å²) in [5, 5.41) is 0.886. The second-order valence-electron chi connectivity index (χ2n) is 4.29. The van der Waals surface area contributed by atoms with Crippen LogP contribution < -0.4 is 0 Å². The minimum atomic E-state index is -3.31. The predicted octanol–water partition coefficient (Wildman–Crippen LogP) is 2.37. The summed E-state index contributed by atoms with van der Waals surface area (Å²) in [6, 6.07) is 3.46. The van der Waals surface area contributed by atoms with Gasteiger partial charge in [-0.1, -0.05) is 6.92 Å². The zero-order valence-electron chi connectivity index (χ0n) is 10.5. The van der Waals surface area contributed by atoms with Gasteiger partial charge in [-0.2, -0.15) is 4.31 Å². The van der Waals surface area contributed by atoms with Gasteiger partial charge in [-0.3, -0.25) is 0 Å². The largest absolute Gasteiger partial charge is 0.249 e. The molecule has 0 bridgehead atoms. The number of hydrogen-bond acceptors (Lipinski definition) is 4. The van der Waals surface area contributed by atoms with E-state index < -0.39 is 10.0 Å². The van der Waals surface area contributed by atoms with E-state index in [0.29, 0.717) is 18.0 Å². The van der Waals surface area contributed by atoms with E-state index >= 15 is 0 Å². The lowest BCUT2D eigenvalue weighted by molar-refractivity contribution is 0.477. The Morgan fingerprint density at radius 2 is 2.06 bits per heavy atom. The van der Waals surface area contributed by atoms with Crippen LogP contribution in [0.5, 0.6) is 0 Å². The van der Waals surface area contributed by atoms with Crippen LogP contribution >= 0.6 is 11.8 Å². The SMILES string of the molecule is CCCSc1ccc(S(=O)(=O)N2CCCC2)cn1. The maximum absolute atomic E-state index is 12.2. The van der Waals surface area contributed by atoms with E-state index in [-0.39, 0.29) is 0 Å². The number of hydrogen-bond donors (Lipinski definition) is 0. The van der Waals surface area contributed by atoms with Gasteiger partial charge in [0.05, 0.1) is 5.03 Å². The molecular weight excluding hydrogens is 268 g/mol. The molecule has 1 aliphatic heterocycles. The molecule has 1 fully saturated rings. The van der Waals surface area contributed by atoms with E-state index in [4.69, 9.17) is 0 Å². The van der Waals surface area contributed by atoms with Crippen molar-refractivity contribution in [2.45, 2.75) is 36.1 Å². The van der Waals surface area contributed by atoms with Gasteiger partial charge in [0.25, 0.3) is 0 Å². The van der Waals surface area contributed by atoms with Crippen molar-refractivity contribution in [1.82, 2.24) is 9.29 Å². The van der Waals surface area contributed by atoms with E-state index in [9.17, 15) is 8.42 Å². The molecule has 0 aliphatic carbocycles. The molecule has 100 valence electrons. The molecule has 1 aromatic rings. The van der Waals surface area contributed by atoms with Crippen molar-refractivity contribution in [1.29, 1.82) is 0 Å². The van der Waals surface area contributed by atoms with Gasteiger partial charge in [-0.05, 0) is 37.1 Å². The Morgan fingerprint density at radius 3 is 2.61 bits per heavy atom. The first kappa shape index (κ1) is 13.8. The van der Waals surface area contributed by atoms with E-state index in [0.717, 1.165) is 30.0 Å². The van der Waals surface area contributed by atoms with E-state index in [1.807, 2.05) is 0 Å². The van der Waals surface area contributed by atoms with Crippen LogP contribution in [-0.4, -0.2) is 36.5 Å². The Kier molecular flexibility index (Phi) is 4.64. The maximum atomic E-state index is 12.2. The van der Waals surface area contributed by atoms with Crippen LogP contribution in [0.1, 0.15) is 26.2 Å². The molecule has 1 saturated heterocycles. The summed E-state index contributed by atoms with van der Waals surface area (Å²) in [6.07, 6.45) is 4.47. The Morgan fingerprint density at radius 1 is 1.33 bits per heavy atom. The third-order valence-electron chi connectivity index (χ3n) is 2.87. The fourth-order valence-electron chi connectivity index (χ4n) is 1.89. The standard InChI is InChI=1S/C12H18N2O2S2/c1-2-9-17-12-6-5-11(10-13-12)18(15,16)14-7-3-4-8-14/h5-6,10H,2-4,7-9H2,1H3. The minimum Gasteiger partial charge on any atom is -0.249 e. The van der Waals surface area contributed by atoms with Crippen molar-refractivity contribution in [3.8, 4) is 0 Å². The van der Waals surface area contributed by atoms with Gasteiger partial charge in [-0.25, -0.2) is 13.4 Å². The molecule has 0 spiro atoms. The predicted molar refractivity (Wildman–Crippen MR) is 73.2 cm³/mol. The molecule has 4 nitrogen and oxygen atoms in total. The molecule has 0 radical (unpaired) electrons. The van der Waals surface area contributed by atoms with Crippen LogP contribution in [0.25, 0.3) is 0 Å². The lowest BCUT2D eigenvalue weighted by Crippen LogP contribution is -2.27. The fourth-order valence-corrected chi connectivity index (χ4v) is 4.06. The molecule has 0 N–H and O–H groups in total. The van der Waals surface area contributed by atoms with Crippen LogP contribution in [0, 0.1) is 0 Å². The van der Waals surface area contributed by atoms with Crippen LogP contribution in [0.4, 0.5) is 0 Å². The fraction of sp³-hybridized carbons (Fsp3) is 0.583. The van der Waals surface area contributed by atoms with Crippen molar-refractivity contribution in [3.05, 3.63) is 18.3 Å². The highest BCUT2D eigenvalue weighted by Gasteiger charge is 2.27. The molecule has 0 saturated carbocycles. The Balaban J connectivity index is 2.13. The maximum Gasteiger partial charge on any atom is 0.244 e. The molecule has 0 atom stereocenters. The summed E-state index contributed by atoms with van der Waals surface area (Å²) in [6.45, 7) is 3.38. The summed E-state index contributed by atoms with van der Waals surface area (Å²) in [5.41, 5.74) is 0. The molecule has 0 aromatic carbocycles. The molecule has 0 unspecified atom stereocenters. The Bertz CT molecular complexity index is 479. The Hall–Kier alpha value is -0.590. The number of sulfonamides is 1. The normalized spacial score (nSPS) is 17.2. The quantitative estimate of drug-likeness (QED) is 0.780.